The van der Waals surface area contributed by atoms with Crippen molar-refractivity contribution in [1.29, 1.82) is 0 Å². The molecule has 0 aliphatic carbocycles. The van der Waals surface area contributed by atoms with E-state index < -0.39 is 17.4 Å². The molecule has 1 heterocycles. The monoisotopic (exact) mass is 392 g/mol. The number of amides is 2. The number of ether oxygens (including phenoxy) is 3. The van der Waals surface area contributed by atoms with Crippen LogP contribution in [-0.2, 0) is 9.47 Å². The summed E-state index contributed by atoms with van der Waals surface area (Å²) in [6.45, 7) is 13.6. The number of rotatable bonds is 5. The topological polar surface area (TPSA) is 77.1 Å². The molecule has 1 aromatic carbocycles. The molecule has 1 fully saturated rings. The van der Waals surface area contributed by atoms with Gasteiger partial charge in [-0.25, -0.2) is 4.79 Å². The van der Waals surface area contributed by atoms with Gasteiger partial charge in [0.05, 0.1) is 12.6 Å². The molecule has 0 saturated carbocycles. The molecule has 2 rings (SSSR count). The third-order valence-electron chi connectivity index (χ3n) is 4.14. The van der Waals surface area contributed by atoms with Crippen molar-refractivity contribution in [3.63, 3.8) is 0 Å². The molecule has 0 bridgehead atoms. The first-order chi connectivity index (χ1) is 12.9. The SMILES string of the molecule is CC(C)NC(=O)c1ccc(OC[C@H]2COC(C)(C)N2C(=O)OC(C)(C)C)cc1. The van der Waals surface area contributed by atoms with Crippen molar-refractivity contribution in [2.24, 2.45) is 0 Å². The molecule has 7 nitrogen and oxygen atoms in total. The Balaban J connectivity index is 2.00. The predicted molar refractivity (Wildman–Crippen MR) is 106 cm³/mol. The zero-order valence-electron chi connectivity index (χ0n) is 17.9. The van der Waals surface area contributed by atoms with Crippen LogP contribution >= 0.6 is 0 Å². The van der Waals surface area contributed by atoms with Gasteiger partial charge in [-0.15, -0.1) is 0 Å². The highest BCUT2D eigenvalue weighted by atomic mass is 16.6. The summed E-state index contributed by atoms with van der Waals surface area (Å²) in [6, 6.07) is 6.73. The molecule has 28 heavy (non-hydrogen) atoms. The summed E-state index contributed by atoms with van der Waals surface area (Å²) in [5.74, 6) is 0.499. The molecule has 1 aromatic rings. The van der Waals surface area contributed by atoms with Gasteiger partial charge in [-0.2, -0.15) is 0 Å². The fourth-order valence-corrected chi connectivity index (χ4v) is 2.93. The van der Waals surface area contributed by atoms with E-state index in [-0.39, 0.29) is 24.6 Å². The molecular formula is C21H32N2O5. The van der Waals surface area contributed by atoms with Crippen LogP contribution < -0.4 is 10.1 Å². The van der Waals surface area contributed by atoms with Gasteiger partial charge < -0.3 is 19.5 Å². The highest BCUT2D eigenvalue weighted by Gasteiger charge is 2.46. The second kappa shape index (κ2) is 8.39. The summed E-state index contributed by atoms with van der Waals surface area (Å²) in [4.78, 5) is 26.2. The van der Waals surface area contributed by atoms with Gasteiger partial charge >= 0.3 is 6.09 Å². The average Bonchev–Trinajstić information content (AvgIpc) is 2.85. The van der Waals surface area contributed by atoms with E-state index in [4.69, 9.17) is 14.2 Å². The maximum Gasteiger partial charge on any atom is 0.413 e. The Morgan fingerprint density at radius 2 is 1.86 bits per heavy atom. The molecule has 1 N–H and O–H groups in total. The molecule has 1 aliphatic rings. The van der Waals surface area contributed by atoms with Gasteiger partial charge in [0.15, 0.2) is 0 Å². The lowest BCUT2D eigenvalue weighted by atomic mass is 10.2. The zero-order chi connectivity index (χ0) is 21.1. The van der Waals surface area contributed by atoms with Gasteiger partial charge in [0.1, 0.15) is 23.7 Å². The summed E-state index contributed by atoms with van der Waals surface area (Å²) in [7, 11) is 0. The first-order valence-electron chi connectivity index (χ1n) is 9.59. The number of benzene rings is 1. The number of hydrogen-bond donors (Lipinski definition) is 1. The maximum absolute atomic E-state index is 12.6. The van der Waals surface area contributed by atoms with E-state index in [1.54, 1.807) is 29.2 Å². The van der Waals surface area contributed by atoms with E-state index in [9.17, 15) is 9.59 Å². The van der Waals surface area contributed by atoms with E-state index in [1.165, 1.54) is 0 Å². The number of hydrogen-bond acceptors (Lipinski definition) is 5. The van der Waals surface area contributed by atoms with Crippen molar-refractivity contribution >= 4 is 12.0 Å². The molecule has 0 aromatic heterocycles. The summed E-state index contributed by atoms with van der Waals surface area (Å²) in [6.07, 6.45) is -0.427. The number of nitrogens with one attached hydrogen (secondary N) is 1. The van der Waals surface area contributed by atoms with Crippen LogP contribution in [0.3, 0.4) is 0 Å². The summed E-state index contributed by atoms with van der Waals surface area (Å²) < 4.78 is 17.1. The Morgan fingerprint density at radius 3 is 2.39 bits per heavy atom. The Kier molecular flexibility index (Phi) is 6.59. The summed E-state index contributed by atoms with van der Waals surface area (Å²) in [5, 5.41) is 2.85. The van der Waals surface area contributed by atoms with Crippen LogP contribution in [0.4, 0.5) is 4.79 Å². The molecule has 1 atom stereocenters. The molecule has 1 aliphatic heterocycles. The first kappa shape index (κ1) is 22.0. The minimum atomic E-state index is -0.769. The van der Waals surface area contributed by atoms with Gasteiger partial charge in [0.25, 0.3) is 5.91 Å². The molecule has 1 saturated heterocycles. The van der Waals surface area contributed by atoms with Gasteiger partial charge in [-0.3, -0.25) is 9.69 Å². The Labute approximate surface area is 167 Å². The largest absolute Gasteiger partial charge is 0.491 e. The number of carbonyl (C=O) groups excluding carboxylic acids is 2. The lowest BCUT2D eigenvalue weighted by Gasteiger charge is -2.35. The normalized spacial score (nSPS) is 18.9. The quantitative estimate of drug-likeness (QED) is 0.829. The molecular weight excluding hydrogens is 360 g/mol. The fourth-order valence-electron chi connectivity index (χ4n) is 2.93. The van der Waals surface area contributed by atoms with Crippen LogP contribution in [0.2, 0.25) is 0 Å². The smallest absolute Gasteiger partial charge is 0.413 e. The molecule has 2 amide bonds. The van der Waals surface area contributed by atoms with E-state index in [0.29, 0.717) is 17.9 Å². The van der Waals surface area contributed by atoms with Crippen molar-refractivity contribution in [2.45, 2.75) is 71.9 Å². The Hall–Kier alpha value is -2.28. The van der Waals surface area contributed by atoms with Crippen molar-refractivity contribution < 1.29 is 23.8 Å². The van der Waals surface area contributed by atoms with Gasteiger partial charge in [0, 0.05) is 11.6 Å². The van der Waals surface area contributed by atoms with E-state index in [0.717, 1.165) is 0 Å². The molecule has 0 spiro atoms. The van der Waals surface area contributed by atoms with Crippen molar-refractivity contribution in [2.75, 3.05) is 13.2 Å². The van der Waals surface area contributed by atoms with Crippen molar-refractivity contribution in [3.8, 4) is 5.75 Å². The van der Waals surface area contributed by atoms with Crippen LogP contribution in [0, 0.1) is 0 Å². The van der Waals surface area contributed by atoms with Crippen LogP contribution in [0.1, 0.15) is 58.8 Å². The van der Waals surface area contributed by atoms with Crippen molar-refractivity contribution in [3.05, 3.63) is 29.8 Å². The lowest BCUT2D eigenvalue weighted by Crippen LogP contribution is -2.51. The third-order valence-corrected chi connectivity index (χ3v) is 4.14. The molecule has 156 valence electrons. The van der Waals surface area contributed by atoms with Crippen LogP contribution in [0.15, 0.2) is 24.3 Å². The molecule has 0 radical (unpaired) electrons. The number of nitrogens with zero attached hydrogens (tertiary/aromatic N) is 1. The third kappa shape index (κ3) is 5.86. The van der Waals surface area contributed by atoms with E-state index in [2.05, 4.69) is 5.32 Å². The van der Waals surface area contributed by atoms with Gasteiger partial charge in [-0.1, -0.05) is 0 Å². The standard InChI is InChI=1S/C21H32N2O5/c1-14(2)22-18(24)15-8-10-17(11-9-15)26-12-16-13-27-21(6,7)23(16)19(25)28-20(3,4)5/h8-11,14,16H,12-13H2,1-7H3,(H,22,24)/t16-/m0/s1. The maximum atomic E-state index is 12.6. The highest BCUT2D eigenvalue weighted by Crippen LogP contribution is 2.30. The Morgan fingerprint density at radius 1 is 1.25 bits per heavy atom. The minimum Gasteiger partial charge on any atom is -0.491 e. The minimum absolute atomic E-state index is 0.0768. The summed E-state index contributed by atoms with van der Waals surface area (Å²) >= 11 is 0. The van der Waals surface area contributed by atoms with Gasteiger partial charge in [0.2, 0.25) is 0 Å². The van der Waals surface area contributed by atoms with Crippen LogP contribution in [0.25, 0.3) is 0 Å². The second-order valence-electron chi connectivity index (χ2n) is 8.73. The highest BCUT2D eigenvalue weighted by molar-refractivity contribution is 5.94. The van der Waals surface area contributed by atoms with Crippen LogP contribution in [-0.4, -0.2) is 53.5 Å². The second-order valence-corrected chi connectivity index (χ2v) is 8.73. The van der Waals surface area contributed by atoms with E-state index in [1.807, 2.05) is 48.5 Å². The summed E-state index contributed by atoms with van der Waals surface area (Å²) in [5.41, 5.74) is -0.787. The average molecular weight is 392 g/mol. The predicted octanol–water partition coefficient (Wildman–Crippen LogP) is 3.58. The van der Waals surface area contributed by atoms with Crippen molar-refractivity contribution in [1.82, 2.24) is 10.2 Å². The number of carbonyl (C=O) groups is 2. The molecule has 0 unspecified atom stereocenters. The Bertz CT molecular complexity index is 692. The van der Waals surface area contributed by atoms with Crippen LogP contribution in [0.5, 0.6) is 5.75 Å². The van der Waals surface area contributed by atoms with Gasteiger partial charge in [-0.05, 0) is 72.7 Å². The lowest BCUT2D eigenvalue weighted by molar-refractivity contribution is -0.0637. The fraction of sp³-hybridized carbons (Fsp3) is 0.619. The van der Waals surface area contributed by atoms with E-state index >= 15 is 0 Å². The molecule has 7 heteroatoms. The first-order valence-corrected chi connectivity index (χ1v) is 9.59. The zero-order valence-corrected chi connectivity index (χ0v) is 17.9.